The van der Waals surface area contributed by atoms with E-state index in [1.807, 2.05) is 18.7 Å². The predicted octanol–water partition coefficient (Wildman–Crippen LogP) is 1.59. The molecule has 0 aromatic heterocycles. The molecule has 1 atom stereocenters. The molecule has 0 radical (unpaired) electrons. The van der Waals surface area contributed by atoms with Crippen molar-refractivity contribution in [2.75, 3.05) is 6.54 Å². The van der Waals surface area contributed by atoms with Gasteiger partial charge in [0.25, 0.3) is 0 Å². The number of carbonyl (C=O) groups is 1. The zero-order chi connectivity index (χ0) is 9.14. The molecule has 0 aromatic carbocycles. The van der Waals surface area contributed by atoms with Crippen LogP contribution in [0.5, 0.6) is 0 Å². The van der Waals surface area contributed by atoms with E-state index in [0.29, 0.717) is 6.04 Å². The van der Waals surface area contributed by atoms with Gasteiger partial charge in [-0.1, -0.05) is 0 Å². The van der Waals surface area contributed by atoms with Gasteiger partial charge in [0.15, 0.2) is 0 Å². The molecule has 12 heavy (non-hydrogen) atoms. The molecule has 0 aliphatic carbocycles. The SMILES string of the molecule is CC(C)NC(=O)N1CCCC1C. The maximum absolute atomic E-state index is 11.5. The Balaban J connectivity index is 2.41. The maximum atomic E-state index is 11.5. The fourth-order valence-corrected chi connectivity index (χ4v) is 1.56. The van der Waals surface area contributed by atoms with E-state index >= 15 is 0 Å². The third kappa shape index (κ3) is 2.13. The van der Waals surface area contributed by atoms with Crippen molar-refractivity contribution in [3.05, 3.63) is 0 Å². The molecule has 3 nitrogen and oxygen atoms in total. The van der Waals surface area contributed by atoms with E-state index in [9.17, 15) is 4.79 Å². The molecule has 2 amide bonds. The van der Waals surface area contributed by atoms with Crippen LogP contribution in [-0.4, -0.2) is 29.6 Å². The van der Waals surface area contributed by atoms with Crippen LogP contribution in [0.15, 0.2) is 0 Å². The second-order valence-corrected chi connectivity index (χ2v) is 3.79. The van der Waals surface area contributed by atoms with Gasteiger partial charge in [-0.3, -0.25) is 0 Å². The lowest BCUT2D eigenvalue weighted by Crippen LogP contribution is -2.44. The van der Waals surface area contributed by atoms with Crippen LogP contribution in [0.4, 0.5) is 4.79 Å². The summed E-state index contributed by atoms with van der Waals surface area (Å²) in [5.41, 5.74) is 0. The van der Waals surface area contributed by atoms with Crippen molar-refractivity contribution in [3.63, 3.8) is 0 Å². The Morgan fingerprint density at radius 3 is 2.67 bits per heavy atom. The molecule has 0 aromatic rings. The minimum absolute atomic E-state index is 0.0926. The Morgan fingerprint density at radius 1 is 1.58 bits per heavy atom. The predicted molar refractivity (Wildman–Crippen MR) is 49.1 cm³/mol. The van der Waals surface area contributed by atoms with E-state index in [0.717, 1.165) is 19.4 Å². The Bertz CT molecular complexity index is 168. The average molecular weight is 170 g/mol. The summed E-state index contributed by atoms with van der Waals surface area (Å²) in [6.07, 6.45) is 2.29. The van der Waals surface area contributed by atoms with Crippen molar-refractivity contribution in [2.24, 2.45) is 0 Å². The number of nitrogens with zero attached hydrogens (tertiary/aromatic N) is 1. The van der Waals surface area contributed by atoms with Gasteiger partial charge in [0.1, 0.15) is 0 Å². The van der Waals surface area contributed by atoms with Gasteiger partial charge in [-0.15, -0.1) is 0 Å². The highest BCUT2D eigenvalue weighted by Crippen LogP contribution is 2.15. The van der Waals surface area contributed by atoms with E-state index in [1.54, 1.807) is 0 Å². The highest BCUT2D eigenvalue weighted by Gasteiger charge is 2.24. The maximum Gasteiger partial charge on any atom is 0.317 e. The zero-order valence-corrected chi connectivity index (χ0v) is 8.13. The van der Waals surface area contributed by atoms with Crippen LogP contribution in [0.2, 0.25) is 0 Å². The summed E-state index contributed by atoms with van der Waals surface area (Å²) in [6, 6.07) is 0.754. The number of rotatable bonds is 1. The summed E-state index contributed by atoms with van der Waals surface area (Å²) in [7, 11) is 0. The Hall–Kier alpha value is -0.730. The summed E-state index contributed by atoms with van der Waals surface area (Å²) in [5.74, 6) is 0. The molecular formula is C9H18N2O. The van der Waals surface area contributed by atoms with Crippen LogP contribution in [0, 0.1) is 0 Å². The fraction of sp³-hybridized carbons (Fsp3) is 0.889. The zero-order valence-electron chi connectivity index (χ0n) is 8.13. The molecule has 1 aliphatic heterocycles. The van der Waals surface area contributed by atoms with Crippen LogP contribution >= 0.6 is 0 Å². The van der Waals surface area contributed by atoms with Crippen LogP contribution in [0.1, 0.15) is 33.6 Å². The molecule has 1 saturated heterocycles. The van der Waals surface area contributed by atoms with Crippen molar-refractivity contribution in [1.82, 2.24) is 10.2 Å². The molecule has 0 saturated carbocycles. The second kappa shape index (κ2) is 3.78. The first-order valence-corrected chi connectivity index (χ1v) is 4.68. The van der Waals surface area contributed by atoms with E-state index in [1.165, 1.54) is 0 Å². The first-order chi connectivity index (χ1) is 5.61. The minimum Gasteiger partial charge on any atom is -0.336 e. The molecule has 0 spiro atoms. The van der Waals surface area contributed by atoms with E-state index in [2.05, 4.69) is 12.2 Å². The van der Waals surface area contributed by atoms with Crippen LogP contribution in [-0.2, 0) is 0 Å². The molecule has 1 N–H and O–H groups in total. The van der Waals surface area contributed by atoms with Gasteiger partial charge in [0.05, 0.1) is 0 Å². The highest BCUT2D eigenvalue weighted by atomic mass is 16.2. The van der Waals surface area contributed by atoms with E-state index in [-0.39, 0.29) is 12.1 Å². The molecule has 0 bridgehead atoms. The van der Waals surface area contributed by atoms with Gasteiger partial charge in [-0.2, -0.15) is 0 Å². The number of amides is 2. The topological polar surface area (TPSA) is 32.3 Å². The van der Waals surface area contributed by atoms with Crippen LogP contribution < -0.4 is 5.32 Å². The molecule has 1 rings (SSSR count). The largest absolute Gasteiger partial charge is 0.336 e. The number of hydrogen-bond donors (Lipinski definition) is 1. The monoisotopic (exact) mass is 170 g/mol. The standard InChI is InChI=1S/C9H18N2O/c1-7(2)10-9(12)11-6-4-5-8(11)3/h7-8H,4-6H2,1-3H3,(H,10,12). The summed E-state index contributed by atoms with van der Waals surface area (Å²) >= 11 is 0. The van der Waals surface area contributed by atoms with E-state index < -0.39 is 0 Å². The summed E-state index contributed by atoms with van der Waals surface area (Å²) in [4.78, 5) is 13.4. The van der Waals surface area contributed by atoms with Crippen molar-refractivity contribution >= 4 is 6.03 Å². The third-order valence-corrected chi connectivity index (χ3v) is 2.23. The van der Waals surface area contributed by atoms with Crippen molar-refractivity contribution in [1.29, 1.82) is 0 Å². The van der Waals surface area contributed by atoms with Crippen molar-refractivity contribution in [3.8, 4) is 0 Å². The Kier molecular flexibility index (Phi) is 2.95. The molecule has 1 fully saturated rings. The first kappa shape index (κ1) is 9.36. The molecule has 1 aliphatic rings. The van der Waals surface area contributed by atoms with E-state index in [4.69, 9.17) is 0 Å². The highest BCUT2D eigenvalue weighted by molar-refractivity contribution is 5.75. The summed E-state index contributed by atoms with van der Waals surface area (Å²) in [6.45, 7) is 6.99. The molecule has 1 unspecified atom stereocenters. The van der Waals surface area contributed by atoms with Gasteiger partial charge in [-0.05, 0) is 33.6 Å². The van der Waals surface area contributed by atoms with Gasteiger partial charge in [-0.25, -0.2) is 4.79 Å². The smallest absolute Gasteiger partial charge is 0.317 e. The number of hydrogen-bond acceptors (Lipinski definition) is 1. The Morgan fingerprint density at radius 2 is 2.25 bits per heavy atom. The normalized spacial score (nSPS) is 23.3. The number of carbonyl (C=O) groups excluding carboxylic acids is 1. The quantitative estimate of drug-likeness (QED) is 0.636. The second-order valence-electron chi connectivity index (χ2n) is 3.79. The number of likely N-dealkylation sites (tertiary alicyclic amines) is 1. The fourth-order valence-electron chi connectivity index (χ4n) is 1.56. The van der Waals surface area contributed by atoms with Crippen LogP contribution in [0.25, 0.3) is 0 Å². The minimum atomic E-state index is 0.0926. The van der Waals surface area contributed by atoms with Gasteiger partial charge < -0.3 is 10.2 Å². The molecule has 1 heterocycles. The lowest BCUT2D eigenvalue weighted by atomic mass is 10.2. The summed E-state index contributed by atoms with van der Waals surface area (Å²) < 4.78 is 0. The van der Waals surface area contributed by atoms with Crippen LogP contribution in [0.3, 0.4) is 0 Å². The summed E-state index contributed by atoms with van der Waals surface area (Å²) in [5, 5.41) is 2.90. The van der Waals surface area contributed by atoms with Crippen molar-refractivity contribution in [2.45, 2.75) is 45.7 Å². The first-order valence-electron chi connectivity index (χ1n) is 4.68. The number of urea groups is 1. The Labute approximate surface area is 74.1 Å². The average Bonchev–Trinajstić information content (AvgIpc) is 2.33. The molecule has 3 heteroatoms. The lowest BCUT2D eigenvalue weighted by Gasteiger charge is -2.23. The number of nitrogens with one attached hydrogen (secondary N) is 1. The molecule has 70 valence electrons. The third-order valence-electron chi connectivity index (χ3n) is 2.23. The van der Waals surface area contributed by atoms with Gasteiger partial charge in [0.2, 0.25) is 0 Å². The molecular weight excluding hydrogens is 152 g/mol. The lowest BCUT2D eigenvalue weighted by molar-refractivity contribution is 0.193. The van der Waals surface area contributed by atoms with Gasteiger partial charge >= 0.3 is 6.03 Å². The van der Waals surface area contributed by atoms with Crippen molar-refractivity contribution < 1.29 is 4.79 Å². The van der Waals surface area contributed by atoms with Gasteiger partial charge in [0, 0.05) is 18.6 Å².